The lowest BCUT2D eigenvalue weighted by Crippen LogP contribution is -2.38. The van der Waals surface area contributed by atoms with Crippen molar-refractivity contribution < 1.29 is 5.11 Å². The van der Waals surface area contributed by atoms with Crippen LogP contribution in [0.1, 0.15) is 19.4 Å². The van der Waals surface area contributed by atoms with Crippen LogP contribution in [0.15, 0.2) is 29.2 Å². The van der Waals surface area contributed by atoms with Crippen molar-refractivity contribution in [1.29, 1.82) is 0 Å². The molecule has 2 nitrogen and oxygen atoms in total. The molecule has 2 atom stereocenters. The van der Waals surface area contributed by atoms with Crippen molar-refractivity contribution in [3.8, 4) is 0 Å². The zero-order valence-electron chi connectivity index (χ0n) is 10.2. The third-order valence-corrected chi connectivity index (χ3v) is 3.40. The second-order valence-corrected chi connectivity index (χ2v) is 5.02. The molecular weight excluding hydrogens is 218 g/mol. The van der Waals surface area contributed by atoms with Crippen LogP contribution in [0.2, 0.25) is 0 Å². The van der Waals surface area contributed by atoms with Gasteiger partial charge in [0, 0.05) is 17.0 Å². The van der Waals surface area contributed by atoms with Crippen LogP contribution in [0.25, 0.3) is 0 Å². The molecule has 0 aliphatic rings. The lowest BCUT2D eigenvalue weighted by molar-refractivity contribution is 0.242. The molecule has 3 heteroatoms. The molecule has 2 N–H and O–H groups in total. The normalized spacial score (nSPS) is 14.8. The third-order valence-electron chi connectivity index (χ3n) is 2.56. The van der Waals surface area contributed by atoms with Crippen LogP contribution in [0.3, 0.4) is 0 Å². The van der Waals surface area contributed by atoms with Gasteiger partial charge in [-0.05, 0) is 38.2 Å². The van der Waals surface area contributed by atoms with Crippen LogP contribution in [0.5, 0.6) is 0 Å². The quantitative estimate of drug-likeness (QED) is 0.747. The van der Waals surface area contributed by atoms with Gasteiger partial charge in [-0.15, -0.1) is 11.8 Å². The predicted molar refractivity (Wildman–Crippen MR) is 71.1 cm³/mol. The van der Waals surface area contributed by atoms with E-state index in [2.05, 4.69) is 42.8 Å². The number of benzene rings is 1. The highest BCUT2D eigenvalue weighted by Gasteiger charge is 2.09. The summed E-state index contributed by atoms with van der Waals surface area (Å²) in [7, 11) is 0. The van der Waals surface area contributed by atoms with Crippen molar-refractivity contribution in [3.63, 3.8) is 0 Å². The molecule has 0 bridgehead atoms. The second-order valence-electron chi connectivity index (χ2n) is 4.17. The summed E-state index contributed by atoms with van der Waals surface area (Å²) in [6, 6.07) is 9.03. The van der Waals surface area contributed by atoms with E-state index in [4.69, 9.17) is 5.11 Å². The fraction of sp³-hybridized carbons (Fsp3) is 0.538. The van der Waals surface area contributed by atoms with Gasteiger partial charge in [0.2, 0.25) is 0 Å². The Balaban J connectivity index is 2.58. The van der Waals surface area contributed by atoms with Crippen molar-refractivity contribution in [1.82, 2.24) is 5.32 Å². The highest BCUT2D eigenvalue weighted by atomic mass is 32.2. The van der Waals surface area contributed by atoms with E-state index in [9.17, 15) is 0 Å². The molecule has 0 aliphatic heterocycles. The van der Waals surface area contributed by atoms with Gasteiger partial charge in [0.25, 0.3) is 0 Å². The summed E-state index contributed by atoms with van der Waals surface area (Å²) >= 11 is 1.78. The topological polar surface area (TPSA) is 32.3 Å². The first kappa shape index (κ1) is 13.6. The standard InChI is InChI=1S/C13H21NOS/c1-10(14-11(2)9-15)8-12-6-4-5-7-13(12)16-3/h4-7,10-11,14-15H,8-9H2,1-3H3/t10?,11-/m1/s1. The summed E-state index contributed by atoms with van der Waals surface area (Å²) in [5.41, 5.74) is 1.38. The van der Waals surface area contributed by atoms with E-state index in [-0.39, 0.29) is 12.6 Å². The number of thioether (sulfide) groups is 1. The van der Waals surface area contributed by atoms with E-state index in [1.807, 2.05) is 6.92 Å². The minimum absolute atomic E-state index is 0.163. The number of nitrogens with one attached hydrogen (secondary N) is 1. The fourth-order valence-corrected chi connectivity index (χ4v) is 2.43. The van der Waals surface area contributed by atoms with Crippen molar-refractivity contribution in [2.75, 3.05) is 12.9 Å². The smallest absolute Gasteiger partial charge is 0.0582 e. The summed E-state index contributed by atoms with van der Waals surface area (Å²) in [5.74, 6) is 0. The number of rotatable bonds is 6. The first-order chi connectivity index (χ1) is 7.67. The van der Waals surface area contributed by atoms with Gasteiger partial charge in [-0.25, -0.2) is 0 Å². The molecule has 0 heterocycles. The number of hydrogen-bond acceptors (Lipinski definition) is 3. The SMILES string of the molecule is CSc1ccccc1CC(C)N[C@H](C)CO. The van der Waals surface area contributed by atoms with Crippen LogP contribution >= 0.6 is 11.8 Å². The van der Waals surface area contributed by atoms with E-state index in [0.717, 1.165) is 6.42 Å². The Morgan fingerprint density at radius 3 is 2.56 bits per heavy atom. The Morgan fingerprint density at radius 2 is 1.94 bits per heavy atom. The number of aliphatic hydroxyl groups excluding tert-OH is 1. The minimum Gasteiger partial charge on any atom is -0.395 e. The summed E-state index contributed by atoms with van der Waals surface area (Å²) in [5, 5.41) is 12.4. The van der Waals surface area contributed by atoms with Crippen LogP contribution in [0.4, 0.5) is 0 Å². The molecule has 0 aromatic heterocycles. The molecule has 0 fully saturated rings. The van der Waals surface area contributed by atoms with Gasteiger partial charge in [-0.1, -0.05) is 18.2 Å². The van der Waals surface area contributed by atoms with Gasteiger partial charge >= 0.3 is 0 Å². The highest BCUT2D eigenvalue weighted by Crippen LogP contribution is 2.21. The van der Waals surface area contributed by atoms with Gasteiger partial charge in [-0.2, -0.15) is 0 Å². The molecule has 0 spiro atoms. The molecule has 0 aliphatic carbocycles. The minimum atomic E-state index is 0.163. The number of hydrogen-bond donors (Lipinski definition) is 2. The Kier molecular flexibility index (Phi) is 5.88. The van der Waals surface area contributed by atoms with Crippen molar-refractivity contribution in [2.45, 2.75) is 37.2 Å². The molecule has 0 saturated carbocycles. The third kappa shape index (κ3) is 4.16. The Labute approximate surface area is 102 Å². The zero-order valence-corrected chi connectivity index (χ0v) is 11.1. The van der Waals surface area contributed by atoms with Crippen molar-refractivity contribution >= 4 is 11.8 Å². The van der Waals surface area contributed by atoms with Crippen molar-refractivity contribution in [3.05, 3.63) is 29.8 Å². The largest absolute Gasteiger partial charge is 0.395 e. The Morgan fingerprint density at radius 1 is 1.25 bits per heavy atom. The van der Waals surface area contributed by atoms with E-state index < -0.39 is 0 Å². The molecule has 16 heavy (non-hydrogen) atoms. The molecule has 1 aromatic carbocycles. The monoisotopic (exact) mass is 239 g/mol. The summed E-state index contributed by atoms with van der Waals surface area (Å²) in [4.78, 5) is 1.34. The molecular formula is C13H21NOS. The van der Waals surface area contributed by atoms with E-state index in [1.54, 1.807) is 11.8 Å². The maximum absolute atomic E-state index is 8.98. The van der Waals surface area contributed by atoms with Gasteiger partial charge in [0.15, 0.2) is 0 Å². The highest BCUT2D eigenvalue weighted by molar-refractivity contribution is 7.98. The summed E-state index contributed by atoms with van der Waals surface area (Å²) < 4.78 is 0. The van der Waals surface area contributed by atoms with Crippen LogP contribution in [-0.2, 0) is 6.42 Å². The predicted octanol–water partition coefficient (Wildman–Crippen LogP) is 2.31. The van der Waals surface area contributed by atoms with Gasteiger partial charge in [0.1, 0.15) is 0 Å². The maximum Gasteiger partial charge on any atom is 0.0582 e. The van der Waals surface area contributed by atoms with Gasteiger partial charge in [0.05, 0.1) is 6.61 Å². The lowest BCUT2D eigenvalue weighted by Gasteiger charge is -2.19. The molecule has 90 valence electrons. The first-order valence-corrected chi connectivity index (χ1v) is 6.88. The van der Waals surface area contributed by atoms with Crippen molar-refractivity contribution in [2.24, 2.45) is 0 Å². The Bertz CT molecular complexity index is 317. The zero-order chi connectivity index (χ0) is 12.0. The average Bonchev–Trinajstić information content (AvgIpc) is 2.29. The van der Waals surface area contributed by atoms with Gasteiger partial charge < -0.3 is 10.4 Å². The lowest BCUT2D eigenvalue weighted by atomic mass is 10.1. The number of aliphatic hydroxyl groups is 1. The van der Waals surface area contributed by atoms with Gasteiger partial charge in [-0.3, -0.25) is 0 Å². The van der Waals surface area contributed by atoms with Crippen LogP contribution < -0.4 is 5.32 Å². The molecule has 0 amide bonds. The molecule has 1 unspecified atom stereocenters. The molecule has 0 radical (unpaired) electrons. The molecule has 1 rings (SSSR count). The molecule has 1 aromatic rings. The summed E-state index contributed by atoms with van der Waals surface area (Å²) in [6.45, 7) is 4.34. The first-order valence-electron chi connectivity index (χ1n) is 5.66. The fourth-order valence-electron chi connectivity index (χ4n) is 1.80. The molecule has 0 saturated heterocycles. The Hall–Kier alpha value is -0.510. The van der Waals surface area contributed by atoms with Crippen LogP contribution in [-0.4, -0.2) is 30.1 Å². The van der Waals surface area contributed by atoms with E-state index in [0.29, 0.717) is 6.04 Å². The average molecular weight is 239 g/mol. The second kappa shape index (κ2) is 6.94. The summed E-state index contributed by atoms with van der Waals surface area (Å²) in [6.07, 6.45) is 3.11. The van der Waals surface area contributed by atoms with Crippen LogP contribution in [0, 0.1) is 0 Å². The van der Waals surface area contributed by atoms with E-state index >= 15 is 0 Å². The van der Waals surface area contributed by atoms with E-state index in [1.165, 1.54) is 10.5 Å². The maximum atomic E-state index is 8.98.